The molecule has 0 spiro atoms. The van der Waals surface area contributed by atoms with E-state index in [-0.39, 0.29) is 190 Å². The molecular weight excluding hydrogens is 282 g/mol. The molecule has 0 saturated heterocycles. The molecule has 0 aromatic carbocycles. The van der Waals surface area contributed by atoms with E-state index in [0.29, 0.717) is 0 Å². The third-order valence-corrected chi connectivity index (χ3v) is 0. The van der Waals surface area contributed by atoms with Crippen LogP contribution in [0.1, 0.15) is 0 Å². The fourth-order valence-corrected chi connectivity index (χ4v) is 0. The van der Waals surface area contributed by atoms with Crippen LogP contribution in [-0.4, -0.2) is 190 Å². The van der Waals surface area contributed by atoms with E-state index in [9.17, 15) is 0 Å². The van der Waals surface area contributed by atoms with E-state index in [1.807, 2.05) is 0 Å². The zero-order chi connectivity index (χ0) is 0. The molecule has 6 heavy (non-hydrogen) atoms. The zero-order valence-electron chi connectivity index (χ0n) is 0.500. The van der Waals surface area contributed by atoms with Crippen LogP contribution in [-0.2, 0) is 0 Å². The molecule has 0 bridgehead atoms. The van der Waals surface area contributed by atoms with Crippen molar-refractivity contribution >= 4 is 185 Å². The minimum absolute atomic E-state index is 0. The Morgan fingerprint density at radius 2 is 1.00 bits per heavy atom. The van der Waals surface area contributed by atoms with E-state index in [0.717, 1.165) is 0 Å². The molecule has 0 aromatic rings. The molecule has 0 heterocycles. The molecule has 0 rings (SSSR count). The van der Waals surface area contributed by atoms with E-state index in [1.165, 1.54) is 0 Å². The molecule has 0 fully saturated rings. The van der Waals surface area contributed by atoms with E-state index in [4.69, 9.17) is 0 Å². The van der Waals surface area contributed by atoms with Gasteiger partial charge in [0.25, 0.3) is 0 Å². The Hall–Kier alpha value is 5.96. The van der Waals surface area contributed by atoms with Gasteiger partial charge in [-0.25, -0.2) is 0 Å². The van der Waals surface area contributed by atoms with Crippen molar-refractivity contribution in [2.45, 2.75) is 0 Å². The molecule has 0 unspecified atom stereocenters. The van der Waals surface area contributed by atoms with E-state index >= 15 is 0 Å². The van der Waals surface area contributed by atoms with Crippen molar-refractivity contribution in [3.05, 3.63) is 0 Å². The summed E-state index contributed by atoms with van der Waals surface area (Å²) >= 11 is 0. The summed E-state index contributed by atoms with van der Waals surface area (Å²) in [5, 5.41) is 0. The molecule has 2 N–H and O–H groups in total. The first-order valence-electron chi connectivity index (χ1n) is 0. The van der Waals surface area contributed by atoms with Gasteiger partial charge in [0.2, 0.25) is 0 Å². The van der Waals surface area contributed by atoms with Crippen molar-refractivity contribution in [1.82, 2.24) is 0 Å². The van der Waals surface area contributed by atoms with Gasteiger partial charge in [0, 0.05) is 0 Å². The van der Waals surface area contributed by atoms with Crippen molar-refractivity contribution in [2.24, 2.45) is 0 Å². The molecule has 0 aromatic heterocycles. The Balaban J connectivity index is 0. The summed E-state index contributed by atoms with van der Waals surface area (Å²) in [6.07, 6.45) is 0. The second-order valence-electron chi connectivity index (χ2n) is 0. The van der Waals surface area contributed by atoms with Gasteiger partial charge >= 0.3 is 168 Å². The summed E-state index contributed by atoms with van der Waals surface area (Å²) in [5.74, 6) is 0. The van der Waals surface area contributed by atoms with Gasteiger partial charge in [-0.1, -0.05) is 0 Å². The van der Waals surface area contributed by atoms with Crippen LogP contribution in [0.5, 0.6) is 0 Å². The summed E-state index contributed by atoms with van der Waals surface area (Å²) in [5.41, 5.74) is 0. The molecule has 0 atom stereocenters. The minimum atomic E-state index is 0. The molecule has 0 aliphatic carbocycles. The van der Waals surface area contributed by atoms with Crippen LogP contribution in [0.4, 0.5) is 0 Å². The second-order valence-corrected chi connectivity index (χ2v) is 0. The molecule has 0 saturated carbocycles. The first-order chi connectivity index (χ1) is 0. The van der Waals surface area contributed by atoms with Gasteiger partial charge in [0.1, 0.15) is 0 Å². The summed E-state index contributed by atoms with van der Waals surface area (Å²) < 4.78 is 0. The maximum absolute atomic E-state index is 0. The predicted octanol–water partition coefficient (Wildman–Crippen LogP) is -5.14. The Kier molecular flexibility index (Phi) is 206. The normalized spacial score (nSPS) is 0. The fraction of sp³-hybridized carbons (Fsp3) is 0. The van der Waals surface area contributed by atoms with Crippen molar-refractivity contribution < 1.29 is 5.48 Å². The van der Waals surface area contributed by atoms with Crippen molar-refractivity contribution in [2.75, 3.05) is 0 Å². The van der Waals surface area contributed by atoms with E-state index in [1.54, 1.807) is 0 Å². The quantitative estimate of drug-likeness (QED) is 0.400. The molecule has 6 heteroatoms. The number of rotatable bonds is 0. The van der Waals surface area contributed by atoms with Gasteiger partial charge in [-0.05, 0) is 0 Å². The van der Waals surface area contributed by atoms with Crippen molar-refractivity contribution in [1.29, 1.82) is 0 Å². The molecule has 0 aliphatic rings. The molecule has 0 amide bonds. The van der Waals surface area contributed by atoms with Gasteiger partial charge < -0.3 is 5.48 Å². The Bertz CT molecular complexity index is 15.5. The Morgan fingerprint density at radius 1 is 1.00 bits per heavy atom. The van der Waals surface area contributed by atoms with Crippen LogP contribution in [0.2, 0.25) is 0 Å². The summed E-state index contributed by atoms with van der Waals surface area (Å²) in [4.78, 5) is 0. The van der Waals surface area contributed by atoms with Crippen LogP contribution in [0, 0.1) is 0 Å². The molecule has 0 radical (unpaired) electrons. The van der Waals surface area contributed by atoms with E-state index in [2.05, 4.69) is 0 Å². The topological polar surface area (TPSA) is 31.5 Å². The van der Waals surface area contributed by atoms with Gasteiger partial charge in [0.05, 0.1) is 0 Å². The van der Waals surface area contributed by atoms with Gasteiger partial charge in [-0.3, -0.25) is 0 Å². The average Bonchev–Trinajstić information content (AvgIpc) is 0. The molecule has 26 valence electrons. The Labute approximate surface area is 184 Å². The number of hydrogen-bond donors (Lipinski definition) is 0. The predicted molar refractivity (Wildman–Crippen MR) is 44.9 cm³/mol. The van der Waals surface area contributed by atoms with Crippen LogP contribution < -0.4 is 0 Å². The molecule has 0 aliphatic heterocycles. The van der Waals surface area contributed by atoms with Crippen LogP contribution >= 0.6 is 0 Å². The van der Waals surface area contributed by atoms with Crippen molar-refractivity contribution in [3.63, 3.8) is 0 Å². The second kappa shape index (κ2) is 30.6. The Morgan fingerprint density at radius 3 is 1.00 bits per heavy atom. The monoisotopic (exact) mass is 294 g/mol. The standard InChI is InChI=1S/Al.Ba.Ca.K.Na.H2O.9H/h;;;;;1H2;;;;;;;;;. The first-order valence-corrected chi connectivity index (χ1v) is 0. The van der Waals surface area contributed by atoms with E-state index < -0.39 is 0 Å². The maximum atomic E-state index is 0. The molecular formula is H11AlBaCaKNaO. The number of hydrogen-bond acceptors (Lipinski definition) is 0. The van der Waals surface area contributed by atoms with Crippen LogP contribution in [0.15, 0.2) is 0 Å². The molecule has 1 nitrogen and oxygen atoms in total. The SMILES string of the molecule is O.[AlH3].[BaH2].[CaH2].[KH].[NaH]. The van der Waals surface area contributed by atoms with Gasteiger partial charge in [-0.15, -0.1) is 0 Å². The van der Waals surface area contributed by atoms with Gasteiger partial charge in [-0.2, -0.15) is 0 Å². The summed E-state index contributed by atoms with van der Waals surface area (Å²) in [6.45, 7) is 0. The third-order valence-electron chi connectivity index (χ3n) is 0. The third kappa shape index (κ3) is 22.5. The average molecular weight is 294 g/mol. The first kappa shape index (κ1) is 40.4. The fourth-order valence-electron chi connectivity index (χ4n) is 0. The van der Waals surface area contributed by atoms with Gasteiger partial charge in [0.15, 0.2) is 17.4 Å². The van der Waals surface area contributed by atoms with Crippen molar-refractivity contribution in [3.8, 4) is 0 Å². The summed E-state index contributed by atoms with van der Waals surface area (Å²) in [6, 6.07) is 0. The summed E-state index contributed by atoms with van der Waals surface area (Å²) in [7, 11) is 0. The van der Waals surface area contributed by atoms with Crippen LogP contribution in [0.3, 0.4) is 0 Å². The zero-order valence-corrected chi connectivity index (χ0v) is 0.500. The van der Waals surface area contributed by atoms with Crippen LogP contribution in [0.25, 0.3) is 0 Å².